The first-order valence-corrected chi connectivity index (χ1v) is 7.93. The molecule has 0 radical (unpaired) electrons. The van der Waals surface area contributed by atoms with E-state index in [0.717, 1.165) is 6.42 Å². The summed E-state index contributed by atoms with van der Waals surface area (Å²) in [5, 5.41) is 2.57. The van der Waals surface area contributed by atoms with E-state index in [9.17, 15) is 14.4 Å². The molecule has 3 atom stereocenters. The van der Waals surface area contributed by atoms with Gasteiger partial charge in [0.05, 0.1) is 4.87 Å². The van der Waals surface area contributed by atoms with Crippen LogP contribution < -0.4 is 5.32 Å². The molecule has 21 heavy (non-hydrogen) atoms. The topological polar surface area (TPSA) is 75.7 Å². The molecule has 0 aliphatic carbocycles. The van der Waals surface area contributed by atoms with E-state index in [2.05, 4.69) is 11.9 Å². The van der Waals surface area contributed by atoms with Gasteiger partial charge in [0, 0.05) is 18.7 Å². The highest BCUT2D eigenvalue weighted by Gasteiger charge is 2.53. The molecule has 0 saturated carbocycles. The lowest BCUT2D eigenvalue weighted by Gasteiger charge is -2.29. The zero-order valence-electron chi connectivity index (χ0n) is 12.3. The van der Waals surface area contributed by atoms with Crippen LogP contribution in [-0.4, -0.2) is 52.0 Å². The Morgan fingerprint density at radius 1 is 1.67 bits per heavy atom. The molecule has 116 valence electrons. The standard InChI is InChI=1S/C14H20N2O4S/c1-4-7-15-12(18)9(2)20-13(19)10-8-21-14(3)6-5-11(17)16(10)14/h4,9-10H,1,5-8H2,2-3H3,(H,15,18)/t9-,10+,14-/m0/s1. The number of hydrogen-bond acceptors (Lipinski definition) is 5. The second-order valence-corrected chi connectivity index (χ2v) is 6.88. The predicted molar refractivity (Wildman–Crippen MR) is 79.5 cm³/mol. The molecule has 0 spiro atoms. The molecule has 2 fully saturated rings. The zero-order valence-corrected chi connectivity index (χ0v) is 13.1. The van der Waals surface area contributed by atoms with Gasteiger partial charge >= 0.3 is 5.97 Å². The molecule has 6 nitrogen and oxygen atoms in total. The van der Waals surface area contributed by atoms with Crippen LogP contribution in [0.2, 0.25) is 0 Å². The lowest BCUT2D eigenvalue weighted by atomic mass is 10.2. The van der Waals surface area contributed by atoms with E-state index in [4.69, 9.17) is 4.74 Å². The fourth-order valence-corrected chi connectivity index (χ4v) is 4.03. The summed E-state index contributed by atoms with van der Waals surface area (Å²) in [4.78, 5) is 37.2. The fraction of sp³-hybridized carbons (Fsp3) is 0.643. The van der Waals surface area contributed by atoms with Crippen LogP contribution in [0.1, 0.15) is 26.7 Å². The maximum absolute atomic E-state index is 12.2. The number of carbonyl (C=O) groups is 3. The molecule has 2 saturated heterocycles. The van der Waals surface area contributed by atoms with Crippen LogP contribution in [0, 0.1) is 0 Å². The van der Waals surface area contributed by atoms with Gasteiger partial charge in [-0.15, -0.1) is 18.3 Å². The molecule has 2 aliphatic heterocycles. The van der Waals surface area contributed by atoms with Crippen molar-refractivity contribution in [2.45, 2.75) is 43.7 Å². The zero-order chi connectivity index (χ0) is 15.6. The van der Waals surface area contributed by atoms with Crippen molar-refractivity contribution in [3.63, 3.8) is 0 Å². The van der Waals surface area contributed by atoms with E-state index in [1.165, 1.54) is 6.92 Å². The number of thioether (sulfide) groups is 1. The third kappa shape index (κ3) is 3.07. The van der Waals surface area contributed by atoms with Crippen molar-refractivity contribution in [2.75, 3.05) is 12.3 Å². The summed E-state index contributed by atoms with van der Waals surface area (Å²) in [5.41, 5.74) is 0. The highest BCUT2D eigenvalue weighted by atomic mass is 32.2. The summed E-state index contributed by atoms with van der Waals surface area (Å²) in [6.07, 6.45) is 1.87. The monoisotopic (exact) mass is 312 g/mol. The number of nitrogens with zero attached hydrogens (tertiary/aromatic N) is 1. The molecule has 0 aromatic rings. The van der Waals surface area contributed by atoms with Gasteiger partial charge in [-0.1, -0.05) is 6.08 Å². The minimum Gasteiger partial charge on any atom is -0.451 e. The van der Waals surface area contributed by atoms with E-state index < -0.39 is 18.1 Å². The molecular weight excluding hydrogens is 292 g/mol. The molecule has 1 N–H and O–H groups in total. The molecule has 0 unspecified atom stereocenters. The predicted octanol–water partition coefficient (Wildman–Crippen LogP) is 0.674. The van der Waals surface area contributed by atoms with E-state index in [-0.39, 0.29) is 16.7 Å². The molecule has 0 aromatic carbocycles. The maximum atomic E-state index is 12.2. The molecular formula is C14H20N2O4S. The van der Waals surface area contributed by atoms with Gasteiger partial charge in [0.25, 0.3) is 5.91 Å². The largest absolute Gasteiger partial charge is 0.451 e. The second kappa shape index (κ2) is 6.09. The van der Waals surface area contributed by atoms with Crippen LogP contribution in [0.4, 0.5) is 0 Å². The number of esters is 1. The minimum atomic E-state index is -0.882. The van der Waals surface area contributed by atoms with Gasteiger partial charge in [-0.05, 0) is 20.3 Å². The number of carbonyl (C=O) groups excluding carboxylic acids is 3. The van der Waals surface area contributed by atoms with Gasteiger partial charge < -0.3 is 15.0 Å². The highest BCUT2D eigenvalue weighted by Crippen LogP contribution is 2.47. The third-order valence-corrected chi connectivity index (χ3v) is 5.30. The van der Waals surface area contributed by atoms with Crippen molar-refractivity contribution < 1.29 is 19.1 Å². The molecule has 7 heteroatoms. The Bertz CT molecular complexity index is 482. The number of hydrogen-bond donors (Lipinski definition) is 1. The Balaban J connectivity index is 1.96. The van der Waals surface area contributed by atoms with Gasteiger partial charge in [-0.25, -0.2) is 4.79 Å². The minimum absolute atomic E-state index is 0.0202. The number of amides is 2. The van der Waals surface area contributed by atoms with Gasteiger partial charge in [0.1, 0.15) is 6.04 Å². The molecule has 0 aromatic heterocycles. The normalized spacial score (nSPS) is 29.0. The fourth-order valence-electron chi connectivity index (χ4n) is 2.62. The van der Waals surface area contributed by atoms with Crippen molar-refractivity contribution in [3.05, 3.63) is 12.7 Å². The Morgan fingerprint density at radius 3 is 3.05 bits per heavy atom. The Morgan fingerprint density at radius 2 is 2.38 bits per heavy atom. The van der Waals surface area contributed by atoms with Gasteiger partial charge in [-0.3, -0.25) is 9.59 Å². The summed E-state index contributed by atoms with van der Waals surface area (Å²) in [7, 11) is 0. The van der Waals surface area contributed by atoms with E-state index in [1.807, 2.05) is 6.92 Å². The van der Waals surface area contributed by atoms with Gasteiger partial charge in [-0.2, -0.15) is 0 Å². The van der Waals surface area contributed by atoms with Gasteiger partial charge in [0.15, 0.2) is 6.10 Å². The first-order valence-electron chi connectivity index (χ1n) is 6.94. The number of rotatable bonds is 5. The highest BCUT2D eigenvalue weighted by molar-refractivity contribution is 8.01. The van der Waals surface area contributed by atoms with Crippen molar-refractivity contribution >= 4 is 29.5 Å². The van der Waals surface area contributed by atoms with Crippen molar-refractivity contribution in [1.82, 2.24) is 10.2 Å². The Kier molecular flexibility index (Phi) is 4.61. The first kappa shape index (κ1) is 15.9. The molecule has 0 bridgehead atoms. The SMILES string of the molecule is C=CCNC(=O)[C@H](C)OC(=O)[C@H]1CS[C@@]2(C)CCC(=O)N12. The Labute approximate surface area is 128 Å². The lowest BCUT2D eigenvalue weighted by Crippen LogP contribution is -2.48. The van der Waals surface area contributed by atoms with E-state index >= 15 is 0 Å². The average molecular weight is 312 g/mol. The van der Waals surface area contributed by atoms with Crippen LogP contribution in [0.5, 0.6) is 0 Å². The molecule has 2 rings (SSSR count). The van der Waals surface area contributed by atoms with Crippen LogP contribution in [-0.2, 0) is 19.1 Å². The molecule has 2 heterocycles. The van der Waals surface area contributed by atoms with Crippen LogP contribution in [0.15, 0.2) is 12.7 Å². The van der Waals surface area contributed by atoms with E-state index in [1.54, 1.807) is 22.7 Å². The maximum Gasteiger partial charge on any atom is 0.330 e. The van der Waals surface area contributed by atoms with Crippen molar-refractivity contribution in [1.29, 1.82) is 0 Å². The smallest absolute Gasteiger partial charge is 0.330 e. The van der Waals surface area contributed by atoms with Gasteiger partial charge in [0.2, 0.25) is 5.91 Å². The molecule has 2 aliphatic rings. The Hall–Kier alpha value is -1.50. The average Bonchev–Trinajstić information content (AvgIpc) is 2.93. The summed E-state index contributed by atoms with van der Waals surface area (Å²) in [5.74, 6) is -0.387. The summed E-state index contributed by atoms with van der Waals surface area (Å²) in [6, 6.07) is -0.593. The third-order valence-electron chi connectivity index (χ3n) is 3.80. The van der Waals surface area contributed by atoms with Crippen molar-refractivity contribution in [3.8, 4) is 0 Å². The summed E-state index contributed by atoms with van der Waals surface area (Å²) < 4.78 is 5.20. The van der Waals surface area contributed by atoms with Crippen LogP contribution in [0.3, 0.4) is 0 Å². The quantitative estimate of drug-likeness (QED) is 0.597. The van der Waals surface area contributed by atoms with Crippen molar-refractivity contribution in [2.24, 2.45) is 0 Å². The number of fused-ring (bicyclic) bond motifs is 1. The number of nitrogens with one attached hydrogen (secondary N) is 1. The van der Waals surface area contributed by atoms with E-state index in [0.29, 0.717) is 18.7 Å². The van der Waals surface area contributed by atoms with Crippen LogP contribution >= 0.6 is 11.8 Å². The molecule has 2 amide bonds. The number of ether oxygens (including phenoxy) is 1. The van der Waals surface area contributed by atoms with Crippen LogP contribution in [0.25, 0.3) is 0 Å². The summed E-state index contributed by atoms with van der Waals surface area (Å²) in [6.45, 7) is 7.31. The first-order chi connectivity index (χ1) is 9.89. The summed E-state index contributed by atoms with van der Waals surface area (Å²) >= 11 is 1.60. The second-order valence-electron chi connectivity index (χ2n) is 5.38. The lowest BCUT2D eigenvalue weighted by molar-refractivity contribution is -0.161.